The van der Waals surface area contributed by atoms with Crippen molar-refractivity contribution in [3.05, 3.63) is 89.5 Å². The van der Waals surface area contributed by atoms with Crippen molar-refractivity contribution in [3.8, 4) is 11.5 Å². The number of aromatic hydroxyl groups is 2. The topological polar surface area (TPSA) is 147 Å². The molecule has 3 rings (SSSR count). The fourth-order valence-electron chi connectivity index (χ4n) is 3.98. The number of amides is 1. The van der Waals surface area contributed by atoms with E-state index in [2.05, 4.69) is 5.32 Å². The summed E-state index contributed by atoms with van der Waals surface area (Å²) in [6, 6.07) is 13.6. The van der Waals surface area contributed by atoms with Gasteiger partial charge in [-0.25, -0.2) is 8.42 Å². The Balaban J connectivity index is 1.91. The van der Waals surface area contributed by atoms with E-state index in [1.165, 1.54) is 19.1 Å². The maximum Gasteiger partial charge on any atom is 0.416 e. The summed E-state index contributed by atoms with van der Waals surface area (Å²) in [5.74, 6) is -1.62. The van der Waals surface area contributed by atoms with Crippen LogP contribution < -0.4 is 5.32 Å². The molecule has 0 fully saturated rings. The molecule has 3 aromatic carbocycles. The minimum absolute atomic E-state index is 0.0371. The van der Waals surface area contributed by atoms with Crippen LogP contribution in [-0.4, -0.2) is 70.4 Å². The van der Waals surface area contributed by atoms with Crippen molar-refractivity contribution >= 4 is 15.9 Å². The fraction of sp³-hybridized carbons (Fsp3) is 0.296. The van der Waals surface area contributed by atoms with Crippen LogP contribution in [0.1, 0.15) is 28.4 Å². The molecule has 0 aromatic heterocycles. The maximum absolute atomic E-state index is 13.3. The average molecular weight is 583 g/mol. The molecule has 0 saturated heterocycles. The first-order chi connectivity index (χ1) is 18.7. The van der Waals surface area contributed by atoms with E-state index in [0.29, 0.717) is 17.7 Å². The molecule has 3 atom stereocenters. The van der Waals surface area contributed by atoms with Gasteiger partial charge in [0, 0.05) is 19.2 Å². The number of halogens is 3. The van der Waals surface area contributed by atoms with Crippen LogP contribution >= 0.6 is 0 Å². The molecule has 216 valence electrons. The number of nitrogens with one attached hydrogen (secondary N) is 1. The third kappa shape index (κ3) is 7.94. The number of aliphatic hydroxyl groups is 2. The first-order valence-corrected chi connectivity index (χ1v) is 13.5. The van der Waals surface area contributed by atoms with Crippen LogP contribution in [0, 0.1) is 0 Å². The molecule has 40 heavy (non-hydrogen) atoms. The van der Waals surface area contributed by atoms with Gasteiger partial charge in [-0.3, -0.25) is 4.79 Å². The summed E-state index contributed by atoms with van der Waals surface area (Å²) in [4.78, 5) is 12.5. The lowest BCUT2D eigenvalue weighted by atomic mass is 10.00. The van der Waals surface area contributed by atoms with Crippen molar-refractivity contribution < 1.29 is 46.8 Å². The second-order valence-electron chi connectivity index (χ2n) is 9.23. The fourth-order valence-corrected chi connectivity index (χ4v) is 5.51. The van der Waals surface area contributed by atoms with E-state index in [1.54, 1.807) is 30.3 Å². The number of phenolic OH excluding ortho intramolecular Hbond substituents is 2. The molecule has 0 saturated carbocycles. The van der Waals surface area contributed by atoms with Gasteiger partial charge in [0.25, 0.3) is 5.91 Å². The van der Waals surface area contributed by atoms with Gasteiger partial charge < -0.3 is 25.7 Å². The van der Waals surface area contributed by atoms with Gasteiger partial charge in [0.1, 0.15) is 11.5 Å². The highest BCUT2D eigenvalue weighted by Crippen LogP contribution is 2.30. The minimum Gasteiger partial charge on any atom is -0.508 e. The summed E-state index contributed by atoms with van der Waals surface area (Å²) < 4.78 is 66.3. The van der Waals surface area contributed by atoms with Crippen LogP contribution in [0.2, 0.25) is 0 Å². The molecule has 13 heteroatoms. The Morgan fingerprint density at radius 3 is 2.12 bits per heavy atom. The van der Waals surface area contributed by atoms with Crippen LogP contribution in [-0.2, 0) is 22.6 Å². The van der Waals surface area contributed by atoms with Gasteiger partial charge in [-0.05, 0) is 55.3 Å². The van der Waals surface area contributed by atoms with E-state index < -0.39 is 69.7 Å². The highest BCUT2D eigenvalue weighted by molar-refractivity contribution is 7.89. The molecule has 9 nitrogen and oxygen atoms in total. The number of sulfonamides is 1. The Kier molecular flexibility index (Phi) is 9.79. The van der Waals surface area contributed by atoms with Crippen LogP contribution in [0.15, 0.2) is 77.7 Å². The highest BCUT2D eigenvalue weighted by Gasteiger charge is 2.34. The Bertz CT molecular complexity index is 1400. The Morgan fingerprint density at radius 1 is 0.950 bits per heavy atom. The van der Waals surface area contributed by atoms with Crippen LogP contribution in [0.3, 0.4) is 0 Å². The van der Waals surface area contributed by atoms with Crippen molar-refractivity contribution in [2.24, 2.45) is 0 Å². The van der Waals surface area contributed by atoms with Crippen molar-refractivity contribution in [2.45, 2.75) is 42.7 Å². The number of carbonyl (C=O) groups is 1. The van der Waals surface area contributed by atoms with E-state index in [4.69, 9.17) is 0 Å². The molecule has 0 heterocycles. The number of phenols is 2. The Hall–Kier alpha value is -3.65. The molecule has 0 aliphatic heterocycles. The number of aliphatic hydroxyl groups excluding tert-OH is 2. The van der Waals surface area contributed by atoms with Crippen LogP contribution in [0.25, 0.3) is 0 Å². The molecule has 0 unspecified atom stereocenters. The van der Waals surface area contributed by atoms with Crippen molar-refractivity contribution in [1.29, 1.82) is 0 Å². The molecular weight excluding hydrogens is 553 g/mol. The van der Waals surface area contributed by atoms with Crippen LogP contribution in [0.5, 0.6) is 11.5 Å². The number of nitrogens with zero attached hydrogens (tertiary/aromatic N) is 1. The molecule has 0 aliphatic carbocycles. The van der Waals surface area contributed by atoms with Crippen molar-refractivity contribution in [3.63, 3.8) is 0 Å². The normalized spacial score (nSPS) is 14.5. The predicted octanol–water partition coefficient (Wildman–Crippen LogP) is 2.89. The molecule has 1 amide bonds. The Morgan fingerprint density at radius 2 is 1.57 bits per heavy atom. The van der Waals surface area contributed by atoms with Gasteiger partial charge in [0.15, 0.2) is 0 Å². The van der Waals surface area contributed by atoms with E-state index >= 15 is 0 Å². The predicted molar refractivity (Wildman–Crippen MR) is 139 cm³/mol. The zero-order chi connectivity index (χ0) is 29.7. The summed E-state index contributed by atoms with van der Waals surface area (Å²) in [6.07, 6.45) is -7.40. The number of carbonyl (C=O) groups excluding carboxylic acids is 1. The number of benzene rings is 3. The molecule has 5 N–H and O–H groups in total. The van der Waals surface area contributed by atoms with Gasteiger partial charge in [0.05, 0.1) is 34.3 Å². The third-order valence-corrected chi connectivity index (χ3v) is 7.83. The summed E-state index contributed by atoms with van der Waals surface area (Å²) in [5, 5.41) is 43.3. The summed E-state index contributed by atoms with van der Waals surface area (Å²) in [5.41, 5.74) is -0.576. The largest absolute Gasteiger partial charge is 0.508 e. The lowest BCUT2D eigenvalue weighted by molar-refractivity contribution is -0.137. The monoisotopic (exact) mass is 582 g/mol. The molecule has 0 bridgehead atoms. The standard InChI is InChI=1S/C27H29F3N2O7S/c1-17(33)15-32(40(38,39)21-10-7-19(8-11-21)27(28,29)30)16-25(36)23(13-18-5-3-2-4-6-18)31-26(37)22-12-9-20(34)14-24(22)35/h2-12,14,17,23,25,33-36H,13,15-16H2,1H3,(H,31,37)/t17-,23+,25-/m1/s1. The average Bonchev–Trinajstić information content (AvgIpc) is 2.87. The zero-order valence-corrected chi connectivity index (χ0v) is 22.1. The highest BCUT2D eigenvalue weighted by atomic mass is 32.2. The van der Waals surface area contributed by atoms with E-state index in [1.807, 2.05) is 0 Å². The summed E-state index contributed by atoms with van der Waals surface area (Å²) in [7, 11) is -4.49. The first kappa shape index (κ1) is 30.9. The minimum atomic E-state index is -4.67. The van der Waals surface area contributed by atoms with Crippen molar-refractivity contribution in [1.82, 2.24) is 9.62 Å². The number of hydrogen-bond donors (Lipinski definition) is 5. The molecule has 3 aromatic rings. The second-order valence-corrected chi connectivity index (χ2v) is 11.2. The number of alkyl halides is 3. The van der Waals surface area contributed by atoms with Gasteiger partial charge in [-0.1, -0.05) is 30.3 Å². The van der Waals surface area contributed by atoms with Gasteiger partial charge in [-0.2, -0.15) is 17.5 Å². The quantitative estimate of drug-likeness (QED) is 0.234. The van der Waals surface area contributed by atoms with Gasteiger partial charge in [-0.15, -0.1) is 0 Å². The zero-order valence-electron chi connectivity index (χ0n) is 21.3. The third-order valence-electron chi connectivity index (χ3n) is 5.98. The molecular formula is C27H29F3N2O7S. The first-order valence-electron chi connectivity index (χ1n) is 12.1. The molecule has 0 spiro atoms. The maximum atomic E-state index is 13.3. The van der Waals surface area contributed by atoms with E-state index in [9.17, 15) is 46.8 Å². The molecule has 0 aliphatic rings. The second kappa shape index (κ2) is 12.7. The van der Waals surface area contributed by atoms with E-state index in [-0.39, 0.29) is 17.7 Å². The van der Waals surface area contributed by atoms with Gasteiger partial charge >= 0.3 is 6.18 Å². The summed E-state index contributed by atoms with van der Waals surface area (Å²) in [6.45, 7) is 0.178. The van der Waals surface area contributed by atoms with E-state index in [0.717, 1.165) is 22.5 Å². The smallest absolute Gasteiger partial charge is 0.416 e. The molecule has 0 radical (unpaired) electrons. The number of rotatable bonds is 11. The SMILES string of the molecule is C[C@@H](O)CN(C[C@@H](O)[C@H](Cc1ccccc1)NC(=O)c1ccc(O)cc1O)S(=O)(=O)c1ccc(C(F)(F)F)cc1. The summed E-state index contributed by atoms with van der Waals surface area (Å²) >= 11 is 0. The lowest BCUT2D eigenvalue weighted by Crippen LogP contribution is -2.51. The van der Waals surface area contributed by atoms with Crippen molar-refractivity contribution in [2.75, 3.05) is 13.1 Å². The number of hydrogen-bond acceptors (Lipinski definition) is 7. The van der Waals surface area contributed by atoms with Crippen LogP contribution in [0.4, 0.5) is 13.2 Å². The Labute approximate surface area is 229 Å². The van der Waals surface area contributed by atoms with Gasteiger partial charge in [0.2, 0.25) is 10.0 Å². The lowest BCUT2D eigenvalue weighted by Gasteiger charge is -2.30.